The molecule has 0 spiro atoms. The number of hydrogen-bond donors (Lipinski definition) is 1. The molecule has 1 N–H and O–H groups in total. The highest BCUT2D eigenvalue weighted by Crippen LogP contribution is 2.35. The Kier molecular flexibility index (Phi) is 4.86. The minimum Gasteiger partial charge on any atom is -0.441 e. The molecular weight excluding hydrogens is 372 g/mol. The fourth-order valence-corrected chi connectivity index (χ4v) is 3.89. The van der Waals surface area contributed by atoms with E-state index in [1.165, 1.54) is 0 Å². The Morgan fingerprint density at radius 2 is 1.89 bits per heavy atom. The van der Waals surface area contributed by atoms with Gasteiger partial charge in [0.15, 0.2) is 11.6 Å². The predicted octanol–water partition coefficient (Wildman–Crippen LogP) is 1.73. The number of rotatable bonds is 4. The lowest BCUT2D eigenvalue weighted by Gasteiger charge is -2.41. The molecule has 3 aliphatic rings. The SMILES string of the molecule is CC1CN(C(=O)C2CC2)CCN1c1c(F)cc(N2C[C@H](CO)OC2=O)cc1F. The van der Waals surface area contributed by atoms with Gasteiger partial charge in [0.1, 0.15) is 11.8 Å². The van der Waals surface area contributed by atoms with Gasteiger partial charge in [-0.3, -0.25) is 9.69 Å². The van der Waals surface area contributed by atoms with E-state index in [9.17, 15) is 18.4 Å². The van der Waals surface area contributed by atoms with E-state index in [-0.39, 0.29) is 42.4 Å². The normalized spacial score (nSPS) is 25.3. The van der Waals surface area contributed by atoms with Crippen LogP contribution in [0, 0.1) is 17.6 Å². The summed E-state index contributed by atoms with van der Waals surface area (Å²) in [4.78, 5) is 28.6. The van der Waals surface area contributed by atoms with Gasteiger partial charge < -0.3 is 19.6 Å². The van der Waals surface area contributed by atoms with E-state index in [0.29, 0.717) is 19.6 Å². The van der Waals surface area contributed by atoms with Crippen LogP contribution in [0.4, 0.5) is 25.0 Å². The largest absolute Gasteiger partial charge is 0.441 e. The fourth-order valence-electron chi connectivity index (χ4n) is 3.89. The number of aliphatic hydroxyl groups is 1. The zero-order valence-corrected chi connectivity index (χ0v) is 15.6. The third kappa shape index (κ3) is 3.39. The van der Waals surface area contributed by atoms with Crippen LogP contribution in [0.5, 0.6) is 0 Å². The Labute approximate surface area is 161 Å². The van der Waals surface area contributed by atoms with E-state index in [4.69, 9.17) is 9.84 Å². The van der Waals surface area contributed by atoms with Crippen LogP contribution in [0.1, 0.15) is 19.8 Å². The second-order valence-corrected chi connectivity index (χ2v) is 7.66. The van der Waals surface area contributed by atoms with Crippen LogP contribution in [0.3, 0.4) is 0 Å². The van der Waals surface area contributed by atoms with Crippen molar-refractivity contribution in [3.63, 3.8) is 0 Å². The summed E-state index contributed by atoms with van der Waals surface area (Å²) in [5.74, 6) is -1.30. The van der Waals surface area contributed by atoms with Gasteiger partial charge in [-0.25, -0.2) is 13.6 Å². The lowest BCUT2D eigenvalue weighted by Crippen LogP contribution is -2.54. The molecule has 2 saturated heterocycles. The van der Waals surface area contributed by atoms with Crippen molar-refractivity contribution < 1.29 is 28.2 Å². The number of ether oxygens (including phenoxy) is 1. The Morgan fingerprint density at radius 1 is 1.21 bits per heavy atom. The van der Waals surface area contributed by atoms with Crippen LogP contribution >= 0.6 is 0 Å². The van der Waals surface area contributed by atoms with Crippen molar-refractivity contribution in [1.29, 1.82) is 0 Å². The van der Waals surface area contributed by atoms with Crippen molar-refractivity contribution in [3.05, 3.63) is 23.8 Å². The minimum atomic E-state index is -0.774. The first-order chi connectivity index (χ1) is 13.4. The number of anilines is 2. The highest BCUT2D eigenvalue weighted by Gasteiger charge is 2.38. The highest BCUT2D eigenvalue weighted by atomic mass is 19.1. The molecule has 4 rings (SSSR count). The summed E-state index contributed by atoms with van der Waals surface area (Å²) in [7, 11) is 0. The smallest absolute Gasteiger partial charge is 0.414 e. The molecule has 2 atom stereocenters. The Hall–Kier alpha value is -2.42. The lowest BCUT2D eigenvalue weighted by molar-refractivity contribution is -0.133. The highest BCUT2D eigenvalue weighted by molar-refractivity contribution is 5.90. The third-order valence-corrected chi connectivity index (χ3v) is 5.54. The number of hydrogen-bond acceptors (Lipinski definition) is 5. The number of nitrogens with zero attached hydrogens (tertiary/aromatic N) is 3. The van der Waals surface area contributed by atoms with Crippen LogP contribution in [-0.2, 0) is 9.53 Å². The number of carbonyl (C=O) groups excluding carboxylic acids is 2. The van der Waals surface area contributed by atoms with Crippen molar-refractivity contribution in [2.24, 2.45) is 5.92 Å². The van der Waals surface area contributed by atoms with Crippen LogP contribution in [-0.4, -0.2) is 66.9 Å². The zero-order chi connectivity index (χ0) is 20.0. The predicted molar refractivity (Wildman–Crippen MR) is 97.2 cm³/mol. The average Bonchev–Trinajstić information content (AvgIpc) is 3.43. The van der Waals surface area contributed by atoms with Gasteiger partial charge in [0, 0.05) is 43.7 Å². The van der Waals surface area contributed by atoms with E-state index in [1.807, 2.05) is 6.92 Å². The van der Waals surface area contributed by atoms with Crippen molar-refractivity contribution in [1.82, 2.24) is 4.90 Å². The Balaban J connectivity index is 1.52. The van der Waals surface area contributed by atoms with E-state index >= 15 is 0 Å². The molecule has 7 nitrogen and oxygen atoms in total. The standard InChI is InChI=1S/C19H23F2N3O4/c1-11-8-22(18(26)12-2-3-12)4-5-23(11)17-15(20)6-13(7-16(17)21)24-9-14(10-25)28-19(24)27/h6-7,11-12,14,25H,2-5,8-10H2,1H3/t11?,14-/m1/s1. The minimum absolute atomic E-state index is 0.0336. The van der Waals surface area contributed by atoms with Gasteiger partial charge in [-0.1, -0.05) is 0 Å². The molecule has 0 radical (unpaired) electrons. The summed E-state index contributed by atoms with van der Waals surface area (Å²) in [5.41, 5.74) is -0.101. The van der Waals surface area contributed by atoms with E-state index in [1.54, 1.807) is 9.80 Å². The molecule has 2 aliphatic heterocycles. The number of piperazine rings is 1. The van der Waals surface area contributed by atoms with Crippen LogP contribution in [0.2, 0.25) is 0 Å². The molecular formula is C19H23F2N3O4. The molecule has 3 fully saturated rings. The van der Waals surface area contributed by atoms with Gasteiger partial charge in [-0.2, -0.15) is 0 Å². The quantitative estimate of drug-likeness (QED) is 0.841. The van der Waals surface area contributed by atoms with Gasteiger partial charge in [0.2, 0.25) is 5.91 Å². The van der Waals surface area contributed by atoms with Gasteiger partial charge in [-0.15, -0.1) is 0 Å². The van der Waals surface area contributed by atoms with Crippen molar-refractivity contribution in [3.8, 4) is 0 Å². The molecule has 28 heavy (non-hydrogen) atoms. The van der Waals surface area contributed by atoms with Crippen molar-refractivity contribution in [2.45, 2.75) is 31.9 Å². The number of aliphatic hydroxyl groups excluding tert-OH is 1. The number of amides is 2. The summed E-state index contributed by atoms with van der Waals surface area (Å²) in [6.45, 7) is 2.70. The summed E-state index contributed by atoms with van der Waals surface area (Å²) in [5, 5.41) is 9.11. The third-order valence-electron chi connectivity index (χ3n) is 5.54. The summed E-state index contributed by atoms with van der Waals surface area (Å²) >= 11 is 0. The summed E-state index contributed by atoms with van der Waals surface area (Å²) < 4.78 is 34.6. The molecule has 152 valence electrons. The van der Waals surface area contributed by atoms with E-state index in [0.717, 1.165) is 29.9 Å². The van der Waals surface area contributed by atoms with E-state index in [2.05, 4.69) is 0 Å². The molecule has 0 bridgehead atoms. The number of cyclic esters (lactones) is 1. The monoisotopic (exact) mass is 395 g/mol. The molecule has 1 unspecified atom stereocenters. The first kappa shape index (κ1) is 18.9. The second-order valence-electron chi connectivity index (χ2n) is 7.66. The molecule has 2 heterocycles. The van der Waals surface area contributed by atoms with Gasteiger partial charge in [-0.05, 0) is 19.8 Å². The molecule has 0 aromatic heterocycles. The topological polar surface area (TPSA) is 73.3 Å². The Morgan fingerprint density at radius 3 is 2.43 bits per heavy atom. The molecule has 1 saturated carbocycles. The molecule has 1 aromatic carbocycles. The number of carbonyl (C=O) groups is 2. The fraction of sp³-hybridized carbons (Fsp3) is 0.579. The van der Waals surface area contributed by atoms with Gasteiger partial charge in [0.25, 0.3) is 0 Å². The van der Waals surface area contributed by atoms with Crippen LogP contribution in [0.25, 0.3) is 0 Å². The molecule has 1 aliphatic carbocycles. The molecule has 9 heteroatoms. The first-order valence-electron chi connectivity index (χ1n) is 9.52. The number of halogens is 2. The summed E-state index contributed by atoms with van der Waals surface area (Å²) in [6, 6.07) is 1.98. The average molecular weight is 395 g/mol. The lowest BCUT2D eigenvalue weighted by atomic mass is 10.1. The van der Waals surface area contributed by atoms with Crippen molar-refractivity contribution >= 4 is 23.4 Å². The van der Waals surface area contributed by atoms with Crippen molar-refractivity contribution in [2.75, 3.05) is 42.6 Å². The van der Waals surface area contributed by atoms with E-state index < -0.39 is 23.8 Å². The molecule has 1 aromatic rings. The molecule has 2 amide bonds. The van der Waals surface area contributed by atoms with Crippen LogP contribution < -0.4 is 9.80 Å². The Bertz CT molecular complexity index is 778. The maximum absolute atomic E-state index is 14.8. The van der Waals surface area contributed by atoms with Gasteiger partial charge >= 0.3 is 6.09 Å². The second kappa shape index (κ2) is 7.20. The zero-order valence-electron chi connectivity index (χ0n) is 15.6. The maximum atomic E-state index is 14.8. The van der Waals surface area contributed by atoms with Crippen LogP contribution in [0.15, 0.2) is 12.1 Å². The first-order valence-corrected chi connectivity index (χ1v) is 9.52. The van der Waals surface area contributed by atoms with Gasteiger partial charge in [0.05, 0.1) is 18.8 Å². The number of benzene rings is 1. The summed E-state index contributed by atoms with van der Waals surface area (Å²) in [6.07, 6.45) is 0.393. The maximum Gasteiger partial charge on any atom is 0.414 e.